The molecule has 2 aromatic heterocycles. The Morgan fingerprint density at radius 3 is 3.00 bits per heavy atom. The zero-order chi connectivity index (χ0) is 14.8. The third kappa shape index (κ3) is 2.66. The second-order valence-corrected chi connectivity index (χ2v) is 5.26. The molecule has 1 aliphatic rings. The van der Waals surface area contributed by atoms with Crippen molar-refractivity contribution in [2.75, 3.05) is 12.0 Å². The van der Waals surface area contributed by atoms with Crippen LogP contribution < -0.4 is 11.3 Å². The number of carbonyl (C=O) groups is 1. The molecule has 2 aromatic rings. The predicted molar refractivity (Wildman–Crippen MR) is 78.0 cm³/mol. The number of anilines is 1. The van der Waals surface area contributed by atoms with Crippen LogP contribution in [0.1, 0.15) is 31.5 Å². The number of nitrogens with one attached hydrogen (secondary N) is 1. The summed E-state index contributed by atoms with van der Waals surface area (Å²) >= 11 is 0. The van der Waals surface area contributed by atoms with Crippen LogP contribution in [0, 0.1) is 0 Å². The summed E-state index contributed by atoms with van der Waals surface area (Å²) < 4.78 is 1.67. The van der Waals surface area contributed by atoms with Crippen LogP contribution in [-0.2, 0) is 18.4 Å². The molecule has 0 spiro atoms. The number of rotatable bonds is 3. The topological polar surface area (TPSA) is 102 Å². The Bertz CT molecular complexity index is 666. The molecule has 0 aromatic carbocycles. The number of hydrogen-bond acceptors (Lipinski definition) is 6. The fraction of sp³-hybridized carbons (Fsp3) is 0.538. The quantitative estimate of drug-likeness (QED) is 0.632. The van der Waals surface area contributed by atoms with Crippen molar-refractivity contribution in [3.05, 3.63) is 12.0 Å². The Morgan fingerprint density at radius 1 is 1.33 bits per heavy atom. The van der Waals surface area contributed by atoms with E-state index in [-0.39, 0.29) is 5.91 Å². The molecule has 0 bridgehead atoms. The molecule has 0 radical (unpaired) electrons. The average molecular weight is 289 g/mol. The molecule has 8 nitrogen and oxygen atoms in total. The number of nitrogens with zero attached hydrogens (tertiary/aromatic N) is 5. The number of aromatic nitrogens is 4. The summed E-state index contributed by atoms with van der Waals surface area (Å²) in [6.45, 7) is 1.17. The normalized spacial score (nSPS) is 16.3. The van der Waals surface area contributed by atoms with E-state index in [1.807, 2.05) is 11.9 Å². The maximum Gasteiger partial charge on any atom is 0.222 e. The van der Waals surface area contributed by atoms with Gasteiger partial charge in [-0.1, -0.05) is 6.42 Å². The summed E-state index contributed by atoms with van der Waals surface area (Å²) in [6, 6.07) is 0. The van der Waals surface area contributed by atoms with Gasteiger partial charge in [0.15, 0.2) is 17.3 Å². The Labute approximate surface area is 122 Å². The van der Waals surface area contributed by atoms with Gasteiger partial charge >= 0.3 is 0 Å². The number of nitrogens with two attached hydrogens (primary N) is 1. The second kappa shape index (κ2) is 5.65. The highest BCUT2D eigenvalue weighted by Crippen LogP contribution is 2.20. The van der Waals surface area contributed by atoms with Gasteiger partial charge in [-0.05, 0) is 12.8 Å². The molecule has 1 fully saturated rings. The molecule has 0 atom stereocenters. The average Bonchev–Trinajstić information content (AvgIpc) is 2.74. The fourth-order valence-corrected chi connectivity index (χ4v) is 2.62. The van der Waals surface area contributed by atoms with Crippen LogP contribution in [-0.4, -0.2) is 37.1 Å². The Morgan fingerprint density at radius 2 is 2.19 bits per heavy atom. The van der Waals surface area contributed by atoms with Gasteiger partial charge in [-0.25, -0.2) is 15.8 Å². The van der Waals surface area contributed by atoms with E-state index >= 15 is 0 Å². The first kappa shape index (κ1) is 13.7. The molecule has 21 heavy (non-hydrogen) atoms. The van der Waals surface area contributed by atoms with Crippen LogP contribution in [0.5, 0.6) is 0 Å². The summed E-state index contributed by atoms with van der Waals surface area (Å²) in [6.07, 6.45) is 5.37. The van der Waals surface area contributed by atoms with Crippen molar-refractivity contribution in [3.63, 3.8) is 0 Å². The van der Waals surface area contributed by atoms with Gasteiger partial charge < -0.3 is 10.3 Å². The third-order valence-electron chi connectivity index (χ3n) is 3.78. The van der Waals surface area contributed by atoms with Crippen LogP contribution in [0.3, 0.4) is 0 Å². The fourth-order valence-electron chi connectivity index (χ4n) is 2.62. The Balaban J connectivity index is 1.92. The summed E-state index contributed by atoms with van der Waals surface area (Å²) in [5.74, 6) is 6.80. The van der Waals surface area contributed by atoms with Crippen LogP contribution >= 0.6 is 0 Å². The van der Waals surface area contributed by atoms with Crippen molar-refractivity contribution < 1.29 is 4.79 Å². The van der Waals surface area contributed by atoms with E-state index in [9.17, 15) is 4.79 Å². The zero-order valence-electron chi connectivity index (χ0n) is 12.0. The number of hydrogen-bond donors (Lipinski definition) is 2. The Kier molecular flexibility index (Phi) is 3.70. The molecule has 1 amide bonds. The van der Waals surface area contributed by atoms with Crippen molar-refractivity contribution in [3.8, 4) is 0 Å². The SMILES string of the molecule is Cn1ncc2c(NN)nc(CN3CCCCCC3=O)nc21. The minimum Gasteiger partial charge on any atom is -0.335 e. The molecule has 0 aliphatic carbocycles. The lowest BCUT2D eigenvalue weighted by atomic mass is 10.2. The van der Waals surface area contributed by atoms with Crippen molar-refractivity contribution in [1.29, 1.82) is 0 Å². The van der Waals surface area contributed by atoms with Gasteiger partial charge in [-0.2, -0.15) is 5.10 Å². The minimum atomic E-state index is 0.170. The van der Waals surface area contributed by atoms with E-state index in [2.05, 4.69) is 20.5 Å². The monoisotopic (exact) mass is 289 g/mol. The first-order valence-electron chi connectivity index (χ1n) is 7.12. The lowest BCUT2D eigenvalue weighted by Crippen LogP contribution is -2.30. The van der Waals surface area contributed by atoms with Crippen molar-refractivity contribution in [1.82, 2.24) is 24.6 Å². The maximum atomic E-state index is 12.1. The van der Waals surface area contributed by atoms with Crippen molar-refractivity contribution in [2.45, 2.75) is 32.2 Å². The zero-order valence-corrected chi connectivity index (χ0v) is 12.0. The van der Waals surface area contributed by atoms with E-state index in [0.717, 1.165) is 31.2 Å². The highest BCUT2D eigenvalue weighted by Gasteiger charge is 2.19. The number of carbonyl (C=O) groups excluding carboxylic acids is 1. The lowest BCUT2D eigenvalue weighted by molar-refractivity contribution is -0.131. The third-order valence-corrected chi connectivity index (χ3v) is 3.78. The smallest absolute Gasteiger partial charge is 0.222 e. The van der Waals surface area contributed by atoms with Crippen LogP contribution in [0.4, 0.5) is 5.82 Å². The number of amides is 1. The van der Waals surface area contributed by atoms with Gasteiger partial charge in [0.25, 0.3) is 0 Å². The van der Waals surface area contributed by atoms with Gasteiger partial charge in [0.2, 0.25) is 5.91 Å². The summed E-state index contributed by atoms with van der Waals surface area (Å²) in [7, 11) is 1.82. The molecule has 3 N–H and O–H groups in total. The predicted octanol–water partition coefficient (Wildman–Crippen LogP) is 0.551. The van der Waals surface area contributed by atoms with Crippen LogP contribution in [0.2, 0.25) is 0 Å². The maximum absolute atomic E-state index is 12.1. The largest absolute Gasteiger partial charge is 0.335 e. The standard InChI is InChI=1S/C13H19N7O/c1-19-13-9(7-15-19)12(18-14)16-10(17-13)8-20-6-4-2-3-5-11(20)21/h7H,2-6,8,14H2,1H3,(H,16,17,18). The number of likely N-dealkylation sites (tertiary alicyclic amines) is 1. The lowest BCUT2D eigenvalue weighted by Gasteiger charge is -2.19. The first-order valence-corrected chi connectivity index (χ1v) is 7.12. The number of nitrogen functional groups attached to an aromatic ring is 1. The summed E-state index contributed by atoms with van der Waals surface area (Å²) in [5, 5.41) is 4.93. The van der Waals surface area contributed by atoms with Crippen molar-refractivity contribution in [2.24, 2.45) is 12.9 Å². The molecule has 8 heteroatoms. The summed E-state index contributed by atoms with van der Waals surface area (Å²) in [5.41, 5.74) is 3.28. The van der Waals surface area contributed by atoms with Gasteiger partial charge in [-0.15, -0.1) is 0 Å². The van der Waals surface area contributed by atoms with E-state index in [1.54, 1.807) is 10.9 Å². The molecule has 112 valence electrons. The summed E-state index contributed by atoms with van der Waals surface area (Å²) in [4.78, 5) is 22.8. The second-order valence-electron chi connectivity index (χ2n) is 5.26. The molecular formula is C13H19N7O. The van der Waals surface area contributed by atoms with Crippen LogP contribution in [0.25, 0.3) is 11.0 Å². The van der Waals surface area contributed by atoms with Gasteiger partial charge in [0.1, 0.15) is 0 Å². The highest BCUT2D eigenvalue weighted by molar-refractivity contribution is 5.86. The van der Waals surface area contributed by atoms with Crippen LogP contribution in [0.15, 0.2) is 6.20 Å². The molecular weight excluding hydrogens is 270 g/mol. The van der Waals surface area contributed by atoms with E-state index in [4.69, 9.17) is 5.84 Å². The molecule has 3 rings (SSSR count). The number of fused-ring (bicyclic) bond motifs is 1. The molecule has 1 aliphatic heterocycles. The molecule has 0 saturated carbocycles. The van der Waals surface area contributed by atoms with Crippen molar-refractivity contribution >= 4 is 22.8 Å². The number of aryl methyl sites for hydroxylation is 1. The van der Waals surface area contributed by atoms with Gasteiger partial charge in [-0.3, -0.25) is 9.48 Å². The van der Waals surface area contributed by atoms with E-state index in [0.29, 0.717) is 30.3 Å². The Hall–Kier alpha value is -2.22. The first-order chi connectivity index (χ1) is 10.2. The molecule has 0 unspecified atom stereocenters. The van der Waals surface area contributed by atoms with E-state index in [1.165, 1.54) is 0 Å². The highest BCUT2D eigenvalue weighted by atomic mass is 16.2. The van der Waals surface area contributed by atoms with Gasteiger partial charge in [0, 0.05) is 20.0 Å². The molecule has 1 saturated heterocycles. The minimum absolute atomic E-state index is 0.170. The van der Waals surface area contributed by atoms with E-state index < -0.39 is 0 Å². The van der Waals surface area contributed by atoms with Gasteiger partial charge in [0.05, 0.1) is 18.1 Å². The number of hydrazine groups is 1. The molecule has 3 heterocycles.